The molecule has 12 atom stereocenters. The summed E-state index contributed by atoms with van der Waals surface area (Å²) in [4.78, 5) is 12.0. The van der Waals surface area contributed by atoms with Crippen molar-refractivity contribution in [3.8, 4) is 0 Å². The van der Waals surface area contributed by atoms with E-state index in [0.29, 0.717) is 11.5 Å². The third kappa shape index (κ3) is 1.53. The van der Waals surface area contributed by atoms with Crippen LogP contribution in [0.25, 0.3) is 0 Å². The van der Waals surface area contributed by atoms with Gasteiger partial charge in [-0.25, -0.2) is 4.79 Å². The van der Waals surface area contributed by atoms with Crippen molar-refractivity contribution in [2.75, 3.05) is 0 Å². The molecule has 6 rings (SSSR count). The molecule has 6 saturated carbocycles. The van der Waals surface area contributed by atoms with Crippen molar-refractivity contribution in [3.63, 3.8) is 0 Å². The van der Waals surface area contributed by atoms with Gasteiger partial charge in [-0.15, -0.1) is 0 Å². The number of carbonyl (C=O) groups excluding carboxylic acids is 1. The van der Waals surface area contributed by atoms with Crippen LogP contribution in [-0.4, -0.2) is 12.1 Å². The summed E-state index contributed by atoms with van der Waals surface area (Å²) in [5.74, 6) is 10.5. The molecule has 6 aliphatic carbocycles. The first-order chi connectivity index (χ1) is 11.5. The Morgan fingerprint density at radius 3 is 2.21 bits per heavy atom. The Bertz CT molecular complexity index is 623. The molecule has 0 heterocycles. The molecule has 0 aromatic heterocycles. The molecular formula is C22H30O2. The molecule has 12 unspecified atom stereocenters. The summed E-state index contributed by atoms with van der Waals surface area (Å²) in [6.07, 6.45) is 7.30. The highest BCUT2D eigenvalue weighted by Crippen LogP contribution is 2.77. The number of ether oxygens (including phenoxy) is 1. The van der Waals surface area contributed by atoms with Gasteiger partial charge in [0.25, 0.3) is 0 Å². The maximum atomic E-state index is 12.0. The molecule has 130 valence electrons. The summed E-state index contributed by atoms with van der Waals surface area (Å²) in [6, 6.07) is 0. The molecule has 0 spiro atoms. The minimum Gasteiger partial charge on any atom is -0.459 e. The molecule has 0 aromatic carbocycles. The fourth-order valence-corrected chi connectivity index (χ4v) is 9.48. The van der Waals surface area contributed by atoms with Gasteiger partial charge < -0.3 is 4.74 Å². The Morgan fingerprint density at radius 2 is 1.46 bits per heavy atom. The lowest BCUT2D eigenvalue weighted by molar-refractivity contribution is -0.150. The lowest BCUT2D eigenvalue weighted by Gasteiger charge is -2.47. The minimum atomic E-state index is -0.154. The largest absolute Gasteiger partial charge is 0.459 e. The van der Waals surface area contributed by atoms with Crippen LogP contribution >= 0.6 is 0 Å². The zero-order valence-corrected chi connectivity index (χ0v) is 15.0. The molecule has 0 radical (unpaired) electrons. The van der Waals surface area contributed by atoms with E-state index in [2.05, 4.69) is 13.5 Å². The van der Waals surface area contributed by atoms with Gasteiger partial charge in [0.05, 0.1) is 0 Å². The normalized spacial score (nSPS) is 61.2. The molecule has 0 aromatic rings. The van der Waals surface area contributed by atoms with Crippen LogP contribution in [0.4, 0.5) is 0 Å². The fourth-order valence-electron chi connectivity index (χ4n) is 9.48. The first-order valence-corrected chi connectivity index (χ1v) is 10.4. The summed E-state index contributed by atoms with van der Waals surface area (Å²) in [7, 11) is 0. The van der Waals surface area contributed by atoms with Gasteiger partial charge in [-0.1, -0.05) is 13.5 Å². The van der Waals surface area contributed by atoms with Crippen molar-refractivity contribution in [3.05, 3.63) is 12.2 Å². The van der Waals surface area contributed by atoms with Gasteiger partial charge in [-0.2, -0.15) is 0 Å². The summed E-state index contributed by atoms with van der Waals surface area (Å²) < 4.78 is 5.88. The van der Waals surface area contributed by atoms with Crippen LogP contribution in [-0.2, 0) is 9.53 Å². The van der Waals surface area contributed by atoms with Crippen molar-refractivity contribution in [1.82, 2.24) is 0 Å². The van der Waals surface area contributed by atoms with Crippen LogP contribution in [0.3, 0.4) is 0 Å². The molecule has 0 aliphatic heterocycles. The third-order valence-corrected chi connectivity index (χ3v) is 9.66. The van der Waals surface area contributed by atoms with Crippen molar-refractivity contribution in [2.45, 2.75) is 52.1 Å². The highest BCUT2D eigenvalue weighted by Gasteiger charge is 2.72. The predicted molar refractivity (Wildman–Crippen MR) is 91.8 cm³/mol. The average molecular weight is 326 g/mol. The van der Waals surface area contributed by atoms with E-state index in [4.69, 9.17) is 4.74 Å². The van der Waals surface area contributed by atoms with Gasteiger partial charge in [0.1, 0.15) is 6.10 Å². The van der Waals surface area contributed by atoms with E-state index >= 15 is 0 Å². The molecule has 2 nitrogen and oxygen atoms in total. The molecule has 6 fully saturated rings. The maximum Gasteiger partial charge on any atom is 0.333 e. The molecule has 2 heteroatoms. The van der Waals surface area contributed by atoms with Crippen LogP contribution < -0.4 is 0 Å². The van der Waals surface area contributed by atoms with Crippen molar-refractivity contribution in [1.29, 1.82) is 0 Å². The molecule has 0 amide bonds. The summed E-state index contributed by atoms with van der Waals surface area (Å²) >= 11 is 0. The molecule has 0 saturated heterocycles. The molecular weight excluding hydrogens is 296 g/mol. The van der Waals surface area contributed by atoms with E-state index in [1.165, 1.54) is 19.3 Å². The number of fused-ring (bicyclic) bond motifs is 16. The summed E-state index contributed by atoms with van der Waals surface area (Å²) in [5, 5.41) is 0. The second-order valence-corrected chi connectivity index (χ2v) is 10.4. The van der Waals surface area contributed by atoms with Gasteiger partial charge in [0.2, 0.25) is 0 Å². The molecule has 0 N–H and O–H groups in total. The van der Waals surface area contributed by atoms with E-state index in [-0.39, 0.29) is 12.1 Å². The first kappa shape index (κ1) is 14.4. The summed E-state index contributed by atoms with van der Waals surface area (Å²) in [6.45, 7) is 8.06. The second-order valence-electron chi connectivity index (χ2n) is 10.4. The Kier molecular flexibility index (Phi) is 2.69. The summed E-state index contributed by atoms with van der Waals surface area (Å²) in [5.41, 5.74) is 0.559. The van der Waals surface area contributed by atoms with Crippen molar-refractivity contribution in [2.24, 2.45) is 65.1 Å². The number of esters is 1. The lowest BCUT2D eigenvalue weighted by atomic mass is 9.58. The van der Waals surface area contributed by atoms with E-state index in [1.807, 2.05) is 0 Å². The predicted octanol–water partition coefficient (Wildman–Crippen LogP) is 4.30. The first-order valence-electron chi connectivity index (χ1n) is 10.4. The average Bonchev–Trinajstić information content (AvgIpc) is 3.31. The van der Waals surface area contributed by atoms with Gasteiger partial charge >= 0.3 is 5.97 Å². The van der Waals surface area contributed by atoms with Crippen molar-refractivity contribution >= 4 is 5.97 Å². The van der Waals surface area contributed by atoms with Gasteiger partial charge in [0.15, 0.2) is 0 Å². The second kappa shape index (κ2) is 4.48. The van der Waals surface area contributed by atoms with E-state index in [0.717, 1.165) is 65.6 Å². The number of hydrogen-bond acceptors (Lipinski definition) is 2. The van der Waals surface area contributed by atoms with Crippen LogP contribution in [0.15, 0.2) is 12.2 Å². The van der Waals surface area contributed by atoms with Crippen molar-refractivity contribution < 1.29 is 9.53 Å². The molecule has 6 aliphatic rings. The van der Waals surface area contributed by atoms with Crippen LogP contribution in [0.2, 0.25) is 0 Å². The lowest BCUT2D eigenvalue weighted by Crippen LogP contribution is -2.45. The van der Waals surface area contributed by atoms with E-state index in [9.17, 15) is 4.79 Å². The molecule has 24 heavy (non-hydrogen) atoms. The smallest absolute Gasteiger partial charge is 0.333 e. The van der Waals surface area contributed by atoms with Crippen LogP contribution in [0.5, 0.6) is 0 Å². The number of hydrogen-bond donors (Lipinski definition) is 0. The Balaban J connectivity index is 1.28. The third-order valence-electron chi connectivity index (χ3n) is 9.66. The van der Waals surface area contributed by atoms with Gasteiger partial charge in [-0.05, 0) is 104 Å². The fraction of sp³-hybridized carbons (Fsp3) is 0.864. The minimum absolute atomic E-state index is 0.154. The number of rotatable bonds is 2. The highest BCUT2D eigenvalue weighted by atomic mass is 16.5. The Labute approximate surface area is 145 Å². The van der Waals surface area contributed by atoms with Crippen LogP contribution in [0, 0.1) is 65.1 Å². The van der Waals surface area contributed by atoms with Crippen LogP contribution in [0.1, 0.15) is 46.0 Å². The molecule has 6 bridgehead atoms. The monoisotopic (exact) mass is 326 g/mol. The van der Waals surface area contributed by atoms with Gasteiger partial charge in [-0.3, -0.25) is 0 Å². The Morgan fingerprint density at radius 1 is 0.833 bits per heavy atom. The SMILES string of the molecule is C=C(C)C(=O)OC1CC2CC1C1C3CC(C4C5CC(C)C(C5)C34)C21. The zero-order chi connectivity index (χ0) is 16.3. The highest BCUT2D eigenvalue weighted by molar-refractivity contribution is 5.87. The standard InChI is InChI=1S/C22H30O2/c1-9(2)22(23)24-17-7-12-6-14(17)21-16-8-15(19(12)21)18-11-4-10(3)13(5-11)20(16)18/h10-21H,1,4-8H2,2-3H3. The zero-order valence-electron chi connectivity index (χ0n) is 15.0. The number of carbonyl (C=O) groups is 1. The van der Waals surface area contributed by atoms with E-state index in [1.54, 1.807) is 13.3 Å². The topological polar surface area (TPSA) is 26.3 Å². The maximum absolute atomic E-state index is 12.0. The van der Waals surface area contributed by atoms with Gasteiger partial charge in [0, 0.05) is 5.57 Å². The quantitative estimate of drug-likeness (QED) is 0.429. The Hall–Kier alpha value is -0.790. The van der Waals surface area contributed by atoms with E-state index < -0.39 is 0 Å².